The highest BCUT2D eigenvalue weighted by Gasteiger charge is 2.14. The van der Waals surface area contributed by atoms with Crippen molar-refractivity contribution in [3.05, 3.63) is 34.8 Å². The third-order valence-corrected chi connectivity index (χ3v) is 3.27. The zero-order valence-corrected chi connectivity index (χ0v) is 9.75. The quantitative estimate of drug-likeness (QED) is 0.847. The van der Waals surface area contributed by atoms with E-state index >= 15 is 0 Å². The zero-order valence-electron chi connectivity index (χ0n) is 8.93. The number of amides is 1. The minimum atomic E-state index is -0.154. The third kappa shape index (κ3) is 1.99. The zero-order chi connectivity index (χ0) is 11.7. The van der Waals surface area contributed by atoms with Gasteiger partial charge in [-0.15, -0.1) is 10.2 Å². The molecule has 2 aromatic rings. The highest BCUT2D eigenvalue weighted by atomic mass is 32.1. The number of nitrogens with one attached hydrogen (secondary N) is 2. The Morgan fingerprint density at radius 1 is 1.47 bits per heavy atom. The van der Waals surface area contributed by atoms with E-state index in [4.69, 9.17) is 0 Å². The van der Waals surface area contributed by atoms with E-state index in [0.717, 1.165) is 18.7 Å². The Hall–Kier alpha value is -1.95. The molecule has 1 aromatic heterocycles. The molecule has 17 heavy (non-hydrogen) atoms. The van der Waals surface area contributed by atoms with Crippen molar-refractivity contribution in [1.29, 1.82) is 0 Å². The number of carbonyl (C=O) groups excluding carboxylic acids is 1. The lowest BCUT2D eigenvalue weighted by Crippen LogP contribution is -2.11. The molecule has 0 radical (unpaired) electrons. The second kappa shape index (κ2) is 4.14. The van der Waals surface area contributed by atoms with Crippen LogP contribution in [0.3, 0.4) is 0 Å². The van der Waals surface area contributed by atoms with Crippen LogP contribution in [0.4, 0.5) is 10.8 Å². The van der Waals surface area contributed by atoms with Crippen LogP contribution in [0.15, 0.2) is 23.7 Å². The lowest BCUT2D eigenvalue weighted by molar-refractivity contribution is 0.102. The Balaban J connectivity index is 1.82. The Bertz CT molecular complexity index is 553. The Morgan fingerprint density at radius 2 is 2.41 bits per heavy atom. The summed E-state index contributed by atoms with van der Waals surface area (Å²) in [6.45, 7) is 0.941. The second-order valence-corrected chi connectivity index (χ2v) is 4.58. The van der Waals surface area contributed by atoms with Crippen LogP contribution in [-0.4, -0.2) is 22.6 Å². The predicted octanol–water partition coefficient (Wildman–Crippen LogP) is 1.76. The molecule has 5 nitrogen and oxygen atoms in total. The van der Waals surface area contributed by atoms with Crippen LogP contribution < -0.4 is 10.6 Å². The van der Waals surface area contributed by atoms with Crippen molar-refractivity contribution in [2.75, 3.05) is 17.2 Å². The van der Waals surface area contributed by atoms with Gasteiger partial charge in [0.05, 0.1) is 0 Å². The van der Waals surface area contributed by atoms with E-state index in [0.29, 0.717) is 10.7 Å². The van der Waals surface area contributed by atoms with E-state index in [1.54, 1.807) is 5.51 Å². The monoisotopic (exact) mass is 246 g/mol. The molecular weight excluding hydrogens is 236 g/mol. The van der Waals surface area contributed by atoms with Crippen LogP contribution >= 0.6 is 11.3 Å². The minimum absolute atomic E-state index is 0.154. The molecule has 1 amide bonds. The maximum absolute atomic E-state index is 11.9. The molecule has 86 valence electrons. The number of fused-ring (bicyclic) bond motifs is 1. The van der Waals surface area contributed by atoms with E-state index in [2.05, 4.69) is 20.8 Å². The summed E-state index contributed by atoms with van der Waals surface area (Å²) < 4.78 is 0. The molecule has 0 saturated carbocycles. The number of nitrogens with zero attached hydrogens (tertiary/aromatic N) is 2. The first-order valence-electron chi connectivity index (χ1n) is 5.27. The summed E-state index contributed by atoms with van der Waals surface area (Å²) in [5, 5.41) is 13.9. The van der Waals surface area contributed by atoms with Gasteiger partial charge in [0.2, 0.25) is 5.13 Å². The van der Waals surface area contributed by atoms with Crippen LogP contribution in [0.2, 0.25) is 0 Å². The van der Waals surface area contributed by atoms with Gasteiger partial charge in [-0.25, -0.2) is 0 Å². The summed E-state index contributed by atoms with van der Waals surface area (Å²) in [6.07, 6.45) is 1.02. The molecule has 6 heteroatoms. The summed E-state index contributed by atoms with van der Waals surface area (Å²) in [7, 11) is 0. The summed E-state index contributed by atoms with van der Waals surface area (Å²) in [4.78, 5) is 11.9. The molecule has 1 aliphatic heterocycles. The van der Waals surface area contributed by atoms with Gasteiger partial charge in [0.25, 0.3) is 5.91 Å². The molecule has 2 heterocycles. The van der Waals surface area contributed by atoms with E-state index < -0.39 is 0 Å². The van der Waals surface area contributed by atoms with Gasteiger partial charge in [-0.2, -0.15) is 0 Å². The molecule has 0 aliphatic carbocycles. The number of benzene rings is 1. The second-order valence-electron chi connectivity index (χ2n) is 3.75. The van der Waals surface area contributed by atoms with Crippen molar-refractivity contribution in [3.63, 3.8) is 0 Å². The normalized spacial score (nSPS) is 12.9. The molecule has 0 fully saturated rings. The van der Waals surface area contributed by atoms with Crippen LogP contribution in [0.25, 0.3) is 0 Å². The van der Waals surface area contributed by atoms with E-state index in [1.807, 2.05) is 18.2 Å². The van der Waals surface area contributed by atoms with Gasteiger partial charge in [-0.05, 0) is 24.1 Å². The first kappa shape index (κ1) is 10.2. The van der Waals surface area contributed by atoms with Crippen LogP contribution in [0.5, 0.6) is 0 Å². The van der Waals surface area contributed by atoms with E-state index in [9.17, 15) is 4.79 Å². The van der Waals surface area contributed by atoms with Crippen LogP contribution in [0, 0.1) is 0 Å². The first-order valence-corrected chi connectivity index (χ1v) is 6.15. The lowest BCUT2D eigenvalue weighted by Gasteiger charge is -2.04. The predicted molar refractivity (Wildman–Crippen MR) is 66.5 cm³/mol. The summed E-state index contributed by atoms with van der Waals surface area (Å²) in [6, 6.07) is 5.70. The van der Waals surface area contributed by atoms with Crippen molar-refractivity contribution >= 4 is 28.1 Å². The average molecular weight is 246 g/mol. The number of hydrogen-bond donors (Lipinski definition) is 2. The number of hydrogen-bond acceptors (Lipinski definition) is 5. The van der Waals surface area contributed by atoms with Crippen LogP contribution in [-0.2, 0) is 6.42 Å². The van der Waals surface area contributed by atoms with Gasteiger partial charge in [-0.3, -0.25) is 10.1 Å². The fourth-order valence-electron chi connectivity index (χ4n) is 1.83. The average Bonchev–Trinajstić information content (AvgIpc) is 2.97. The largest absolute Gasteiger partial charge is 0.384 e. The highest BCUT2D eigenvalue weighted by Crippen LogP contribution is 2.23. The van der Waals surface area contributed by atoms with Gasteiger partial charge in [0.1, 0.15) is 5.51 Å². The maximum atomic E-state index is 11.9. The van der Waals surface area contributed by atoms with Crippen molar-refractivity contribution in [2.45, 2.75) is 6.42 Å². The smallest absolute Gasteiger partial charge is 0.257 e. The first-order chi connectivity index (χ1) is 8.33. The number of anilines is 2. The fourth-order valence-corrected chi connectivity index (χ4v) is 2.27. The minimum Gasteiger partial charge on any atom is -0.384 e. The Kier molecular flexibility index (Phi) is 2.49. The molecule has 2 N–H and O–H groups in total. The number of carbonyl (C=O) groups is 1. The summed E-state index contributed by atoms with van der Waals surface area (Å²) in [5.41, 5.74) is 4.53. The van der Waals surface area contributed by atoms with Crippen molar-refractivity contribution in [1.82, 2.24) is 10.2 Å². The van der Waals surface area contributed by atoms with Gasteiger partial charge in [-0.1, -0.05) is 17.4 Å². The number of rotatable bonds is 2. The Morgan fingerprint density at radius 3 is 3.24 bits per heavy atom. The van der Waals surface area contributed by atoms with Gasteiger partial charge >= 0.3 is 0 Å². The Labute approximate surface area is 102 Å². The topological polar surface area (TPSA) is 66.9 Å². The van der Waals surface area contributed by atoms with Crippen LogP contribution in [0.1, 0.15) is 15.9 Å². The van der Waals surface area contributed by atoms with Gasteiger partial charge in [0, 0.05) is 17.8 Å². The highest BCUT2D eigenvalue weighted by molar-refractivity contribution is 7.13. The van der Waals surface area contributed by atoms with Crippen molar-refractivity contribution in [3.8, 4) is 0 Å². The molecule has 0 unspecified atom stereocenters. The SMILES string of the molecule is O=C(Nc1nncs1)c1ccc2c(c1)NCC2. The van der Waals surface area contributed by atoms with Gasteiger partial charge in [0.15, 0.2) is 0 Å². The lowest BCUT2D eigenvalue weighted by atomic mass is 10.1. The molecule has 3 rings (SSSR count). The maximum Gasteiger partial charge on any atom is 0.257 e. The number of aromatic nitrogens is 2. The van der Waals surface area contributed by atoms with Gasteiger partial charge < -0.3 is 5.32 Å². The standard InChI is InChI=1S/C11H10N4OS/c16-10(14-11-15-13-6-17-11)8-2-1-7-3-4-12-9(7)5-8/h1-2,5-6,12H,3-4H2,(H,14,15,16). The molecule has 0 bridgehead atoms. The van der Waals surface area contributed by atoms with Crippen molar-refractivity contribution < 1.29 is 4.79 Å². The molecule has 1 aliphatic rings. The fraction of sp³-hybridized carbons (Fsp3) is 0.182. The summed E-state index contributed by atoms with van der Waals surface area (Å²) in [5.74, 6) is -0.154. The summed E-state index contributed by atoms with van der Waals surface area (Å²) >= 11 is 1.30. The molecule has 1 aromatic carbocycles. The third-order valence-electron chi connectivity index (χ3n) is 2.66. The molecule has 0 saturated heterocycles. The molecular formula is C11H10N4OS. The molecule has 0 spiro atoms. The van der Waals surface area contributed by atoms with E-state index in [1.165, 1.54) is 16.9 Å². The van der Waals surface area contributed by atoms with E-state index in [-0.39, 0.29) is 5.91 Å². The molecule has 0 atom stereocenters. The van der Waals surface area contributed by atoms with Crippen molar-refractivity contribution in [2.24, 2.45) is 0 Å².